The average molecular weight is 192 g/mol. The van der Waals surface area contributed by atoms with E-state index in [1.165, 1.54) is 19.3 Å². The van der Waals surface area contributed by atoms with Crippen molar-refractivity contribution < 1.29 is 5.11 Å². The van der Waals surface area contributed by atoms with Crippen LogP contribution < -0.4 is 0 Å². The summed E-state index contributed by atoms with van der Waals surface area (Å²) in [6, 6.07) is 7.64. The largest absolute Gasteiger partial charge is 0.508 e. The molecular formula is C13H20O. The first-order valence-electron chi connectivity index (χ1n) is 5.51. The average Bonchev–Trinajstić information content (AvgIpc) is 2.18. The number of phenols is 1. The van der Waals surface area contributed by atoms with E-state index in [0.29, 0.717) is 11.7 Å². The Morgan fingerprint density at radius 2 is 2.00 bits per heavy atom. The molecule has 1 atom stereocenters. The minimum Gasteiger partial charge on any atom is -0.508 e. The lowest BCUT2D eigenvalue weighted by molar-refractivity contribution is 0.450. The smallest absolute Gasteiger partial charge is 0.118 e. The molecule has 14 heavy (non-hydrogen) atoms. The summed E-state index contributed by atoms with van der Waals surface area (Å²) < 4.78 is 0. The summed E-state index contributed by atoms with van der Waals surface area (Å²) in [5, 5.41) is 9.58. The van der Waals surface area contributed by atoms with Gasteiger partial charge in [0.1, 0.15) is 5.75 Å². The van der Waals surface area contributed by atoms with Crippen molar-refractivity contribution in [2.75, 3.05) is 0 Å². The molecule has 0 aliphatic carbocycles. The van der Waals surface area contributed by atoms with Crippen LogP contribution in [-0.4, -0.2) is 5.11 Å². The highest BCUT2D eigenvalue weighted by Crippen LogP contribution is 2.21. The molecule has 0 heterocycles. The molecule has 1 rings (SSSR count). The van der Waals surface area contributed by atoms with Gasteiger partial charge in [-0.1, -0.05) is 51.3 Å². The Hall–Kier alpha value is -0.980. The molecule has 1 nitrogen and oxygen atoms in total. The van der Waals surface area contributed by atoms with Crippen LogP contribution >= 0.6 is 0 Å². The summed E-state index contributed by atoms with van der Waals surface area (Å²) in [6.07, 6.45) is 4.79. The molecule has 1 aromatic rings. The second-order valence-electron chi connectivity index (χ2n) is 4.08. The summed E-state index contributed by atoms with van der Waals surface area (Å²) in [7, 11) is 0. The molecule has 0 bridgehead atoms. The third kappa shape index (κ3) is 3.41. The van der Waals surface area contributed by atoms with Crippen molar-refractivity contribution in [3.63, 3.8) is 0 Å². The van der Waals surface area contributed by atoms with Crippen molar-refractivity contribution in [3.05, 3.63) is 29.8 Å². The van der Waals surface area contributed by atoms with E-state index in [-0.39, 0.29) is 0 Å². The molecule has 78 valence electrons. The SMILES string of the molecule is CCCCC(C)Cc1ccccc1O. The van der Waals surface area contributed by atoms with Crippen LogP contribution in [-0.2, 0) is 6.42 Å². The molecule has 0 aromatic heterocycles. The van der Waals surface area contributed by atoms with E-state index < -0.39 is 0 Å². The molecule has 1 aromatic carbocycles. The van der Waals surface area contributed by atoms with Gasteiger partial charge in [-0.15, -0.1) is 0 Å². The maximum absolute atomic E-state index is 9.58. The maximum Gasteiger partial charge on any atom is 0.118 e. The molecule has 0 fully saturated rings. The maximum atomic E-state index is 9.58. The van der Waals surface area contributed by atoms with Gasteiger partial charge in [0.05, 0.1) is 0 Å². The molecule has 1 heteroatoms. The Bertz CT molecular complexity index is 268. The van der Waals surface area contributed by atoms with Gasteiger partial charge in [-0.25, -0.2) is 0 Å². The van der Waals surface area contributed by atoms with Crippen molar-refractivity contribution >= 4 is 0 Å². The first kappa shape index (κ1) is 11.1. The fourth-order valence-corrected chi connectivity index (χ4v) is 1.71. The molecule has 1 N–H and O–H groups in total. The van der Waals surface area contributed by atoms with Crippen LogP contribution in [0.2, 0.25) is 0 Å². The molecule has 0 amide bonds. The first-order chi connectivity index (χ1) is 6.74. The van der Waals surface area contributed by atoms with Crippen molar-refractivity contribution in [2.24, 2.45) is 5.92 Å². The zero-order chi connectivity index (χ0) is 10.4. The number of phenolic OH excluding ortho intramolecular Hbond substituents is 1. The topological polar surface area (TPSA) is 20.2 Å². The third-order valence-corrected chi connectivity index (χ3v) is 2.61. The van der Waals surface area contributed by atoms with E-state index in [0.717, 1.165) is 12.0 Å². The zero-order valence-electron chi connectivity index (χ0n) is 9.16. The van der Waals surface area contributed by atoms with Gasteiger partial charge in [-0.3, -0.25) is 0 Å². The molecule has 0 aliphatic heterocycles. The molecular weight excluding hydrogens is 172 g/mol. The van der Waals surface area contributed by atoms with E-state index >= 15 is 0 Å². The van der Waals surface area contributed by atoms with Crippen LogP contribution in [0.1, 0.15) is 38.7 Å². The minimum atomic E-state index is 0.441. The van der Waals surface area contributed by atoms with E-state index in [4.69, 9.17) is 0 Å². The summed E-state index contributed by atoms with van der Waals surface area (Å²) >= 11 is 0. The number of benzene rings is 1. The second-order valence-corrected chi connectivity index (χ2v) is 4.08. The summed E-state index contributed by atoms with van der Waals surface area (Å²) in [4.78, 5) is 0. The number of para-hydroxylation sites is 1. The van der Waals surface area contributed by atoms with Crippen molar-refractivity contribution in [3.8, 4) is 5.75 Å². The Morgan fingerprint density at radius 3 is 2.64 bits per heavy atom. The minimum absolute atomic E-state index is 0.441. The molecule has 1 unspecified atom stereocenters. The van der Waals surface area contributed by atoms with E-state index in [9.17, 15) is 5.11 Å². The number of hydrogen-bond acceptors (Lipinski definition) is 1. The fourth-order valence-electron chi connectivity index (χ4n) is 1.71. The Morgan fingerprint density at radius 1 is 1.29 bits per heavy atom. The Balaban J connectivity index is 2.47. The number of hydrogen-bond donors (Lipinski definition) is 1. The van der Waals surface area contributed by atoms with Crippen LogP contribution in [0.5, 0.6) is 5.75 Å². The van der Waals surface area contributed by atoms with Crippen molar-refractivity contribution in [1.29, 1.82) is 0 Å². The van der Waals surface area contributed by atoms with Crippen LogP contribution in [0.25, 0.3) is 0 Å². The summed E-state index contributed by atoms with van der Waals surface area (Å²) in [5.74, 6) is 1.11. The second kappa shape index (κ2) is 5.69. The predicted octanol–water partition coefficient (Wildman–Crippen LogP) is 3.76. The van der Waals surface area contributed by atoms with Crippen LogP contribution in [0.4, 0.5) is 0 Å². The van der Waals surface area contributed by atoms with Gasteiger partial charge in [-0.05, 0) is 24.0 Å². The van der Waals surface area contributed by atoms with Gasteiger partial charge in [-0.2, -0.15) is 0 Å². The number of unbranched alkanes of at least 4 members (excludes halogenated alkanes) is 1. The molecule has 0 spiro atoms. The molecule has 0 saturated carbocycles. The predicted molar refractivity (Wildman–Crippen MR) is 60.5 cm³/mol. The summed E-state index contributed by atoms with van der Waals surface area (Å²) in [6.45, 7) is 4.47. The lowest BCUT2D eigenvalue weighted by Crippen LogP contribution is -1.99. The monoisotopic (exact) mass is 192 g/mol. The van der Waals surface area contributed by atoms with E-state index in [2.05, 4.69) is 13.8 Å². The lowest BCUT2D eigenvalue weighted by Gasteiger charge is -2.11. The van der Waals surface area contributed by atoms with Gasteiger partial charge in [0.25, 0.3) is 0 Å². The number of rotatable bonds is 5. The highest BCUT2D eigenvalue weighted by atomic mass is 16.3. The van der Waals surface area contributed by atoms with Crippen molar-refractivity contribution in [1.82, 2.24) is 0 Å². The molecule has 0 radical (unpaired) electrons. The molecule has 0 saturated heterocycles. The van der Waals surface area contributed by atoms with Crippen LogP contribution in [0.3, 0.4) is 0 Å². The van der Waals surface area contributed by atoms with Gasteiger partial charge < -0.3 is 5.11 Å². The van der Waals surface area contributed by atoms with Crippen LogP contribution in [0, 0.1) is 5.92 Å². The van der Waals surface area contributed by atoms with Crippen LogP contribution in [0.15, 0.2) is 24.3 Å². The fraction of sp³-hybridized carbons (Fsp3) is 0.538. The normalized spacial score (nSPS) is 12.7. The van der Waals surface area contributed by atoms with Gasteiger partial charge in [0, 0.05) is 0 Å². The number of aromatic hydroxyl groups is 1. The summed E-state index contributed by atoms with van der Waals surface area (Å²) in [5.41, 5.74) is 1.08. The van der Waals surface area contributed by atoms with Gasteiger partial charge >= 0.3 is 0 Å². The van der Waals surface area contributed by atoms with E-state index in [1.807, 2.05) is 18.2 Å². The third-order valence-electron chi connectivity index (χ3n) is 2.61. The standard InChI is InChI=1S/C13H20O/c1-3-4-7-11(2)10-12-8-5-6-9-13(12)14/h5-6,8-9,11,14H,3-4,7,10H2,1-2H3. The first-order valence-corrected chi connectivity index (χ1v) is 5.51. The Kier molecular flexibility index (Phi) is 4.51. The Labute approximate surface area is 86.8 Å². The van der Waals surface area contributed by atoms with Gasteiger partial charge in [0.15, 0.2) is 0 Å². The van der Waals surface area contributed by atoms with Crippen molar-refractivity contribution in [2.45, 2.75) is 39.5 Å². The highest BCUT2D eigenvalue weighted by Gasteiger charge is 2.05. The zero-order valence-corrected chi connectivity index (χ0v) is 9.16. The highest BCUT2D eigenvalue weighted by molar-refractivity contribution is 5.31. The van der Waals surface area contributed by atoms with E-state index in [1.54, 1.807) is 6.07 Å². The molecule has 0 aliphatic rings. The lowest BCUT2D eigenvalue weighted by atomic mass is 9.95. The quantitative estimate of drug-likeness (QED) is 0.753. The van der Waals surface area contributed by atoms with Gasteiger partial charge in [0.2, 0.25) is 0 Å².